The zero-order chi connectivity index (χ0) is 11.0. The van der Waals surface area contributed by atoms with Gasteiger partial charge < -0.3 is 16.0 Å². The van der Waals surface area contributed by atoms with Gasteiger partial charge in [0.05, 0.1) is 13.2 Å². The summed E-state index contributed by atoms with van der Waals surface area (Å²) in [6.45, 7) is 1.61. The molecule has 0 aromatic rings. The molecule has 0 fully saturated rings. The molecule has 0 saturated carbocycles. The van der Waals surface area contributed by atoms with Gasteiger partial charge in [-0.1, -0.05) is 6.08 Å². The van der Waals surface area contributed by atoms with Crippen molar-refractivity contribution in [3.05, 3.63) is 12.2 Å². The van der Waals surface area contributed by atoms with Gasteiger partial charge in [0.25, 0.3) is 0 Å². The molecule has 0 spiro atoms. The van der Waals surface area contributed by atoms with Crippen molar-refractivity contribution in [1.29, 1.82) is 0 Å². The summed E-state index contributed by atoms with van der Waals surface area (Å²) in [6, 6.07) is 0. The van der Waals surface area contributed by atoms with Crippen LogP contribution in [0.15, 0.2) is 12.2 Å². The average molecular weight is 264 g/mol. The molecule has 0 atom stereocenters. The fraction of sp³-hybridized carbons (Fsp3) is 0.571. The number of hydrogen-bond acceptors (Lipinski definition) is 4. The first-order valence-electron chi connectivity index (χ1n) is 3.95. The number of carbonyl (C=O) groups excluding carboxylic acids is 1. The van der Waals surface area contributed by atoms with E-state index in [0.717, 1.165) is 0 Å². The minimum Gasteiger partial charge on any atom is -1.00 e. The number of hydrogen-bond donors (Lipinski definition) is 2. The van der Waals surface area contributed by atoms with E-state index in [1.165, 1.54) is 12.2 Å². The quantitative estimate of drug-likeness (QED) is 0.185. The maximum atomic E-state index is 10.7. The molecule has 0 amide bonds. The Morgan fingerprint density at radius 1 is 1.47 bits per heavy atom. The van der Waals surface area contributed by atoms with Crippen molar-refractivity contribution in [3.63, 3.8) is 0 Å². The molecule has 0 aromatic carbocycles. The van der Waals surface area contributed by atoms with Gasteiger partial charge in [0.2, 0.25) is 0 Å². The molecular weight excluding hydrogens is 250 g/mol. The fourth-order valence-corrected chi connectivity index (χ4v) is 0.966. The summed E-state index contributed by atoms with van der Waals surface area (Å²) in [5.41, 5.74) is 0. The van der Waals surface area contributed by atoms with Crippen LogP contribution in [0, 0.1) is 0 Å². The van der Waals surface area contributed by atoms with E-state index in [1.54, 1.807) is 6.92 Å². The van der Waals surface area contributed by atoms with E-state index >= 15 is 0 Å². The van der Waals surface area contributed by atoms with Crippen LogP contribution in [-0.4, -0.2) is 29.0 Å². The average Bonchev–Trinajstić information content (AvgIpc) is 2.02. The van der Waals surface area contributed by atoms with Gasteiger partial charge in [0.1, 0.15) is 0 Å². The first-order valence-corrected chi connectivity index (χ1v) is 5.48. The summed E-state index contributed by atoms with van der Waals surface area (Å²) < 4.78 is 19.0. The molecule has 8 heteroatoms. The SMILES string of the molecule is CC=CC(=O)OCCCOP(=O)(O)O.[H-].[K+]. The molecule has 0 bridgehead atoms. The number of carbonyl (C=O) groups is 1. The van der Waals surface area contributed by atoms with E-state index in [-0.39, 0.29) is 72.4 Å². The molecule has 6 nitrogen and oxygen atoms in total. The second-order valence-corrected chi connectivity index (χ2v) is 3.58. The van der Waals surface area contributed by atoms with E-state index in [0.29, 0.717) is 0 Å². The van der Waals surface area contributed by atoms with Gasteiger partial charge in [-0.05, 0) is 6.92 Å². The first kappa shape index (κ1) is 18.3. The second-order valence-electron chi connectivity index (χ2n) is 2.34. The Hall–Kier alpha value is 0.956. The normalized spacial score (nSPS) is 11.1. The molecule has 0 aliphatic heterocycles. The zero-order valence-electron chi connectivity index (χ0n) is 9.75. The Balaban J connectivity index is -0.000000845. The fourth-order valence-electron chi connectivity index (χ4n) is 0.599. The molecule has 0 aromatic heterocycles. The third-order valence-electron chi connectivity index (χ3n) is 1.10. The van der Waals surface area contributed by atoms with Crippen LogP contribution in [0.4, 0.5) is 0 Å². The van der Waals surface area contributed by atoms with Crippen LogP contribution >= 0.6 is 7.82 Å². The van der Waals surface area contributed by atoms with Crippen molar-refractivity contribution in [3.8, 4) is 0 Å². The molecule has 2 N–H and O–H groups in total. The van der Waals surface area contributed by atoms with E-state index < -0.39 is 13.8 Å². The minimum absolute atomic E-state index is 0. The predicted octanol–water partition coefficient (Wildman–Crippen LogP) is -2.28. The summed E-state index contributed by atoms with van der Waals surface area (Å²) in [6.07, 6.45) is 3.03. The Bertz CT molecular complexity index is 253. The summed E-state index contributed by atoms with van der Waals surface area (Å²) >= 11 is 0. The summed E-state index contributed by atoms with van der Waals surface area (Å²) in [7, 11) is -4.40. The summed E-state index contributed by atoms with van der Waals surface area (Å²) in [4.78, 5) is 27.3. The molecule has 0 heterocycles. The van der Waals surface area contributed by atoms with Crippen LogP contribution in [0.25, 0.3) is 0 Å². The molecule has 0 rings (SSSR count). The van der Waals surface area contributed by atoms with Crippen molar-refractivity contribution in [2.75, 3.05) is 13.2 Å². The van der Waals surface area contributed by atoms with Gasteiger partial charge in [0.15, 0.2) is 0 Å². The van der Waals surface area contributed by atoms with E-state index in [9.17, 15) is 9.36 Å². The largest absolute Gasteiger partial charge is 1.00 e. The van der Waals surface area contributed by atoms with Crippen LogP contribution in [0.3, 0.4) is 0 Å². The van der Waals surface area contributed by atoms with Gasteiger partial charge in [0, 0.05) is 12.5 Å². The van der Waals surface area contributed by atoms with Crippen LogP contribution in [-0.2, 0) is 18.6 Å². The maximum absolute atomic E-state index is 10.7. The number of allylic oxidation sites excluding steroid dienone is 1. The minimum atomic E-state index is -4.40. The van der Waals surface area contributed by atoms with E-state index in [2.05, 4.69) is 9.26 Å². The Kier molecular flexibility index (Phi) is 12.4. The molecule has 0 unspecified atom stereocenters. The number of phosphoric ester groups is 1. The maximum Gasteiger partial charge on any atom is 1.00 e. The van der Waals surface area contributed by atoms with Crippen molar-refractivity contribution in [2.45, 2.75) is 13.3 Å². The molecule has 0 saturated heterocycles. The summed E-state index contributed by atoms with van der Waals surface area (Å²) in [5, 5.41) is 0. The zero-order valence-corrected chi connectivity index (χ0v) is 12.8. The van der Waals surface area contributed by atoms with E-state index in [4.69, 9.17) is 9.79 Å². The molecule has 0 aliphatic carbocycles. The number of rotatable bonds is 6. The molecule has 0 radical (unpaired) electrons. The Morgan fingerprint density at radius 2 is 2.07 bits per heavy atom. The van der Waals surface area contributed by atoms with Gasteiger partial charge in [-0.25, -0.2) is 9.36 Å². The third-order valence-corrected chi connectivity index (χ3v) is 1.61. The first-order chi connectivity index (χ1) is 6.45. The Labute approximate surface area is 132 Å². The van der Waals surface area contributed by atoms with E-state index in [1.807, 2.05) is 0 Å². The predicted molar refractivity (Wildman–Crippen MR) is 49.5 cm³/mol. The molecule has 0 aliphatic rings. The van der Waals surface area contributed by atoms with Crippen molar-refractivity contribution in [1.82, 2.24) is 0 Å². The second kappa shape index (κ2) is 10.1. The molecule has 84 valence electrons. The molecular formula is C7H14KO6P. The number of esters is 1. The number of ether oxygens (including phenoxy) is 1. The Morgan fingerprint density at radius 3 is 2.53 bits per heavy atom. The van der Waals surface area contributed by atoms with Crippen molar-refractivity contribution < 1.29 is 81.2 Å². The van der Waals surface area contributed by atoms with Gasteiger partial charge in [-0.3, -0.25) is 4.52 Å². The number of phosphoric acid groups is 1. The van der Waals surface area contributed by atoms with Crippen LogP contribution in [0.2, 0.25) is 0 Å². The van der Waals surface area contributed by atoms with Gasteiger partial charge in [-0.15, -0.1) is 0 Å². The van der Waals surface area contributed by atoms with Gasteiger partial charge >= 0.3 is 65.2 Å². The molecule has 15 heavy (non-hydrogen) atoms. The monoisotopic (exact) mass is 264 g/mol. The summed E-state index contributed by atoms with van der Waals surface area (Å²) in [5.74, 6) is -0.483. The van der Waals surface area contributed by atoms with Crippen LogP contribution < -0.4 is 51.4 Å². The van der Waals surface area contributed by atoms with Crippen molar-refractivity contribution in [2.24, 2.45) is 0 Å². The van der Waals surface area contributed by atoms with Crippen LogP contribution in [0.5, 0.6) is 0 Å². The van der Waals surface area contributed by atoms with Crippen molar-refractivity contribution >= 4 is 13.8 Å². The smallest absolute Gasteiger partial charge is 1.00 e. The van der Waals surface area contributed by atoms with Crippen LogP contribution in [0.1, 0.15) is 14.8 Å². The topological polar surface area (TPSA) is 93.1 Å². The van der Waals surface area contributed by atoms with Gasteiger partial charge in [-0.2, -0.15) is 0 Å². The third kappa shape index (κ3) is 15.0. The standard InChI is InChI=1S/C7H13O6P.K.H/c1-2-4-7(8)12-5-3-6-13-14(9,10)11;;/h2,4H,3,5-6H2,1H3,(H2,9,10,11);;/q;+1;-1.